The summed E-state index contributed by atoms with van der Waals surface area (Å²) in [7, 11) is 0. The van der Waals surface area contributed by atoms with Gasteiger partial charge in [-0.3, -0.25) is 9.59 Å². The molecular formula is C17H17N3O3. The Balaban J connectivity index is 1.79. The second-order valence-electron chi connectivity index (χ2n) is 4.96. The summed E-state index contributed by atoms with van der Waals surface area (Å²) in [5, 5.41) is 15.4. The molecule has 0 saturated heterocycles. The van der Waals surface area contributed by atoms with Crippen LogP contribution in [0.1, 0.15) is 16.7 Å². The van der Waals surface area contributed by atoms with Crippen LogP contribution in [0.4, 0.5) is 0 Å². The zero-order valence-corrected chi connectivity index (χ0v) is 12.6. The van der Waals surface area contributed by atoms with E-state index in [-0.39, 0.29) is 12.3 Å². The first-order valence-electron chi connectivity index (χ1n) is 7.00. The number of phenols is 1. The molecule has 0 heterocycles. The van der Waals surface area contributed by atoms with E-state index in [1.807, 2.05) is 31.2 Å². The second-order valence-corrected chi connectivity index (χ2v) is 4.96. The van der Waals surface area contributed by atoms with Gasteiger partial charge in [0.2, 0.25) is 0 Å². The smallest absolute Gasteiger partial charge is 0.329 e. The zero-order valence-electron chi connectivity index (χ0n) is 12.6. The largest absolute Gasteiger partial charge is 0.508 e. The zero-order chi connectivity index (χ0) is 16.7. The van der Waals surface area contributed by atoms with Crippen LogP contribution in [0.5, 0.6) is 5.75 Å². The maximum atomic E-state index is 11.6. The molecule has 0 aromatic heterocycles. The van der Waals surface area contributed by atoms with Crippen LogP contribution in [0.3, 0.4) is 0 Å². The quantitative estimate of drug-likeness (QED) is 0.453. The topological polar surface area (TPSA) is 90.8 Å². The summed E-state index contributed by atoms with van der Waals surface area (Å²) < 4.78 is 0. The van der Waals surface area contributed by atoms with Crippen LogP contribution >= 0.6 is 0 Å². The van der Waals surface area contributed by atoms with E-state index in [0.717, 1.165) is 11.1 Å². The fourth-order valence-electron chi connectivity index (χ4n) is 1.75. The SMILES string of the molecule is Cc1ccc(CNC(=O)C(=O)N/N=C/c2ccc(O)cc2)cc1. The number of nitrogens with one attached hydrogen (secondary N) is 2. The van der Waals surface area contributed by atoms with Crippen LogP contribution in [-0.2, 0) is 16.1 Å². The third-order valence-corrected chi connectivity index (χ3v) is 3.05. The Hall–Kier alpha value is -3.15. The number of amides is 2. The van der Waals surface area contributed by atoms with E-state index in [4.69, 9.17) is 5.11 Å². The molecule has 0 radical (unpaired) electrons. The van der Waals surface area contributed by atoms with Crippen molar-refractivity contribution in [1.29, 1.82) is 0 Å². The molecule has 0 spiro atoms. The molecule has 0 aliphatic rings. The highest BCUT2D eigenvalue weighted by Gasteiger charge is 2.11. The minimum absolute atomic E-state index is 0.140. The average molecular weight is 311 g/mol. The highest BCUT2D eigenvalue weighted by atomic mass is 16.3. The summed E-state index contributed by atoms with van der Waals surface area (Å²) in [4.78, 5) is 23.2. The molecule has 6 heteroatoms. The molecule has 0 aliphatic heterocycles. The number of aromatic hydroxyl groups is 1. The lowest BCUT2D eigenvalue weighted by Crippen LogP contribution is -2.37. The minimum Gasteiger partial charge on any atom is -0.508 e. The normalized spacial score (nSPS) is 10.5. The van der Waals surface area contributed by atoms with Crippen LogP contribution in [-0.4, -0.2) is 23.1 Å². The highest BCUT2D eigenvalue weighted by molar-refractivity contribution is 6.35. The van der Waals surface area contributed by atoms with Crippen molar-refractivity contribution in [3.05, 3.63) is 65.2 Å². The lowest BCUT2D eigenvalue weighted by atomic mass is 10.1. The maximum absolute atomic E-state index is 11.6. The minimum atomic E-state index is -0.841. The van der Waals surface area contributed by atoms with Gasteiger partial charge in [0.15, 0.2) is 0 Å². The fourth-order valence-corrected chi connectivity index (χ4v) is 1.75. The van der Waals surface area contributed by atoms with Gasteiger partial charge in [0.25, 0.3) is 0 Å². The maximum Gasteiger partial charge on any atom is 0.329 e. The van der Waals surface area contributed by atoms with Gasteiger partial charge in [-0.05, 0) is 42.3 Å². The Morgan fingerprint density at radius 1 is 1.04 bits per heavy atom. The Morgan fingerprint density at radius 2 is 1.70 bits per heavy atom. The molecule has 2 aromatic carbocycles. The summed E-state index contributed by atoms with van der Waals surface area (Å²) in [6.45, 7) is 2.25. The third kappa shape index (κ3) is 5.28. The van der Waals surface area contributed by atoms with Crippen molar-refractivity contribution in [2.45, 2.75) is 13.5 Å². The molecule has 0 aliphatic carbocycles. The first-order valence-corrected chi connectivity index (χ1v) is 7.00. The van der Waals surface area contributed by atoms with E-state index < -0.39 is 11.8 Å². The van der Waals surface area contributed by atoms with Crippen LogP contribution in [0.15, 0.2) is 53.6 Å². The van der Waals surface area contributed by atoms with E-state index in [9.17, 15) is 9.59 Å². The number of hydrazone groups is 1. The molecule has 2 rings (SSSR count). The second kappa shape index (κ2) is 7.74. The summed E-state index contributed by atoms with van der Waals surface area (Å²) in [5.41, 5.74) is 4.86. The Morgan fingerprint density at radius 3 is 2.35 bits per heavy atom. The van der Waals surface area contributed by atoms with Gasteiger partial charge in [-0.25, -0.2) is 5.43 Å². The molecule has 6 nitrogen and oxygen atoms in total. The fraction of sp³-hybridized carbons (Fsp3) is 0.118. The van der Waals surface area contributed by atoms with Crippen LogP contribution in [0.25, 0.3) is 0 Å². The van der Waals surface area contributed by atoms with Crippen molar-refractivity contribution >= 4 is 18.0 Å². The van der Waals surface area contributed by atoms with Crippen molar-refractivity contribution < 1.29 is 14.7 Å². The van der Waals surface area contributed by atoms with Gasteiger partial charge in [-0.15, -0.1) is 0 Å². The summed E-state index contributed by atoms with van der Waals surface area (Å²) in [5.74, 6) is -1.46. The number of hydrogen-bond donors (Lipinski definition) is 3. The number of nitrogens with zero attached hydrogens (tertiary/aromatic N) is 1. The molecule has 0 unspecified atom stereocenters. The summed E-state index contributed by atoms with van der Waals surface area (Å²) in [6.07, 6.45) is 1.38. The molecule has 0 saturated carbocycles. The highest BCUT2D eigenvalue weighted by Crippen LogP contribution is 2.07. The summed E-state index contributed by atoms with van der Waals surface area (Å²) in [6, 6.07) is 13.9. The Labute approximate surface area is 133 Å². The number of carbonyl (C=O) groups excluding carboxylic acids is 2. The van der Waals surface area contributed by atoms with Gasteiger partial charge >= 0.3 is 11.8 Å². The number of carbonyl (C=O) groups is 2. The van der Waals surface area contributed by atoms with Crippen molar-refractivity contribution in [2.75, 3.05) is 0 Å². The van der Waals surface area contributed by atoms with Gasteiger partial charge in [-0.2, -0.15) is 5.10 Å². The molecule has 2 amide bonds. The first-order chi connectivity index (χ1) is 11.0. The van der Waals surface area contributed by atoms with Gasteiger partial charge in [-0.1, -0.05) is 29.8 Å². The number of benzene rings is 2. The van der Waals surface area contributed by atoms with E-state index >= 15 is 0 Å². The predicted octanol–water partition coefficient (Wildman–Crippen LogP) is 1.47. The summed E-state index contributed by atoms with van der Waals surface area (Å²) >= 11 is 0. The van der Waals surface area contributed by atoms with E-state index in [1.165, 1.54) is 18.3 Å². The van der Waals surface area contributed by atoms with Crippen molar-refractivity contribution in [3.8, 4) is 5.75 Å². The molecule has 118 valence electrons. The molecule has 23 heavy (non-hydrogen) atoms. The first kappa shape index (κ1) is 16.2. The molecule has 3 N–H and O–H groups in total. The molecular weight excluding hydrogens is 294 g/mol. The molecule has 0 fully saturated rings. The van der Waals surface area contributed by atoms with Crippen molar-refractivity contribution in [3.63, 3.8) is 0 Å². The third-order valence-electron chi connectivity index (χ3n) is 3.05. The molecule has 0 bridgehead atoms. The van der Waals surface area contributed by atoms with Crippen molar-refractivity contribution in [1.82, 2.24) is 10.7 Å². The van der Waals surface area contributed by atoms with Crippen LogP contribution < -0.4 is 10.7 Å². The van der Waals surface area contributed by atoms with E-state index in [2.05, 4.69) is 15.8 Å². The lowest BCUT2D eigenvalue weighted by Gasteiger charge is -2.04. The average Bonchev–Trinajstić information content (AvgIpc) is 2.55. The van der Waals surface area contributed by atoms with Crippen molar-refractivity contribution in [2.24, 2.45) is 5.10 Å². The number of hydrogen-bond acceptors (Lipinski definition) is 4. The number of phenolic OH excluding ortho intramolecular Hbond substituents is 1. The van der Waals surface area contributed by atoms with E-state index in [1.54, 1.807) is 12.1 Å². The monoisotopic (exact) mass is 311 g/mol. The van der Waals surface area contributed by atoms with Crippen LogP contribution in [0, 0.1) is 6.92 Å². The number of rotatable bonds is 4. The Bertz CT molecular complexity index is 707. The number of aryl methyl sites for hydroxylation is 1. The van der Waals surface area contributed by atoms with Gasteiger partial charge in [0.05, 0.1) is 6.21 Å². The Kier molecular flexibility index (Phi) is 5.46. The molecule has 0 atom stereocenters. The van der Waals surface area contributed by atoms with E-state index in [0.29, 0.717) is 5.56 Å². The predicted molar refractivity (Wildman–Crippen MR) is 86.9 cm³/mol. The molecule has 2 aromatic rings. The van der Waals surface area contributed by atoms with Gasteiger partial charge < -0.3 is 10.4 Å². The lowest BCUT2D eigenvalue weighted by molar-refractivity contribution is -0.139. The van der Waals surface area contributed by atoms with Gasteiger partial charge in [0.1, 0.15) is 5.75 Å². The standard InChI is InChI=1S/C17H17N3O3/c1-12-2-4-13(5-3-12)10-18-16(22)17(23)20-19-11-14-6-8-15(21)9-7-14/h2-9,11,21H,10H2,1H3,(H,18,22)(H,20,23)/b19-11+. The van der Waals surface area contributed by atoms with Crippen LogP contribution in [0.2, 0.25) is 0 Å². The van der Waals surface area contributed by atoms with Gasteiger partial charge in [0, 0.05) is 6.54 Å².